The van der Waals surface area contributed by atoms with E-state index in [0.29, 0.717) is 17.2 Å². The first-order valence-corrected chi connectivity index (χ1v) is 10.2. The Labute approximate surface area is 166 Å². The zero-order valence-electron chi connectivity index (χ0n) is 16.1. The van der Waals surface area contributed by atoms with Crippen molar-refractivity contribution >= 4 is 5.91 Å². The Morgan fingerprint density at radius 1 is 1.11 bits per heavy atom. The summed E-state index contributed by atoms with van der Waals surface area (Å²) >= 11 is 0. The molecule has 28 heavy (non-hydrogen) atoms. The predicted octanol–water partition coefficient (Wildman–Crippen LogP) is 3.61. The molecular formula is C23H26N4O. The fourth-order valence-corrected chi connectivity index (χ4v) is 4.41. The van der Waals surface area contributed by atoms with Gasteiger partial charge in [-0.1, -0.05) is 25.0 Å². The third kappa shape index (κ3) is 4.23. The topological polar surface area (TPSA) is 69.0 Å². The third-order valence-corrected chi connectivity index (χ3v) is 6.07. The Morgan fingerprint density at radius 3 is 2.54 bits per heavy atom. The number of aromatic nitrogens is 1. The highest BCUT2D eigenvalue weighted by molar-refractivity contribution is 5.94. The molecule has 0 unspecified atom stereocenters. The van der Waals surface area contributed by atoms with Crippen LogP contribution in [-0.4, -0.2) is 41.5 Å². The number of benzene rings is 1. The van der Waals surface area contributed by atoms with Crippen LogP contribution in [0.1, 0.15) is 48.2 Å². The fourth-order valence-electron chi connectivity index (χ4n) is 4.41. The summed E-state index contributed by atoms with van der Waals surface area (Å²) in [6.45, 7) is 3.05. The number of hydrogen-bond donors (Lipinski definition) is 1. The van der Waals surface area contributed by atoms with E-state index < -0.39 is 0 Å². The summed E-state index contributed by atoms with van der Waals surface area (Å²) in [7, 11) is 0. The van der Waals surface area contributed by atoms with Gasteiger partial charge in [0.15, 0.2) is 0 Å². The molecule has 5 nitrogen and oxygen atoms in total. The number of nitrogens with zero attached hydrogens (tertiary/aromatic N) is 3. The Morgan fingerprint density at radius 2 is 1.86 bits per heavy atom. The summed E-state index contributed by atoms with van der Waals surface area (Å²) in [4.78, 5) is 19.2. The van der Waals surface area contributed by atoms with Crippen molar-refractivity contribution < 1.29 is 4.79 Å². The maximum atomic E-state index is 12.5. The van der Waals surface area contributed by atoms with E-state index in [0.717, 1.165) is 30.3 Å². The molecular weight excluding hydrogens is 348 g/mol. The van der Waals surface area contributed by atoms with Crippen LogP contribution < -0.4 is 5.32 Å². The molecule has 1 aliphatic carbocycles. The lowest BCUT2D eigenvalue weighted by Crippen LogP contribution is -2.34. The molecule has 1 amide bonds. The van der Waals surface area contributed by atoms with E-state index in [1.807, 2.05) is 36.4 Å². The summed E-state index contributed by atoms with van der Waals surface area (Å²) in [5.74, 6) is 0.553. The van der Waals surface area contributed by atoms with Gasteiger partial charge in [0.25, 0.3) is 5.91 Å². The molecule has 2 aliphatic rings. The summed E-state index contributed by atoms with van der Waals surface area (Å²) in [6, 6.07) is 13.9. The third-order valence-electron chi connectivity index (χ3n) is 6.07. The van der Waals surface area contributed by atoms with Crippen LogP contribution in [-0.2, 0) is 0 Å². The van der Waals surface area contributed by atoms with Gasteiger partial charge in [-0.2, -0.15) is 5.26 Å². The van der Waals surface area contributed by atoms with Gasteiger partial charge in [-0.15, -0.1) is 0 Å². The number of nitriles is 1. The lowest BCUT2D eigenvalue weighted by atomic mass is 10.0. The van der Waals surface area contributed by atoms with Gasteiger partial charge in [-0.25, -0.2) is 4.98 Å². The van der Waals surface area contributed by atoms with Crippen LogP contribution in [0.3, 0.4) is 0 Å². The van der Waals surface area contributed by atoms with E-state index in [1.54, 1.807) is 12.3 Å². The van der Waals surface area contributed by atoms with Crippen LogP contribution in [0.5, 0.6) is 0 Å². The summed E-state index contributed by atoms with van der Waals surface area (Å²) in [5, 5.41) is 11.9. The molecule has 1 atom stereocenters. The van der Waals surface area contributed by atoms with E-state index in [1.165, 1.54) is 38.6 Å². The van der Waals surface area contributed by atoms with Crippen molar-refractivity contribution in [2.45, 2.75) is 38.1 Å². The summed E-state index contributed by atoms with van der Waals surface area (Å²) < 4.78 is 0. The molecule has 1 saturated carbocycles. The molecule has 2 fully saturated rings. The van der Waals surface area contributed by atoms with Crippen LogP contribution in [0.25, 0.3) is 11.1 Å². The van der Waals surface area contributed by atoms with Crippen molar-refractivity contribution in [3.63, 3.8) is 0 Å². The summed E-state index contributed by atoms with van der Waals surface area (Å²) in [6.07, 6.45) is 8.31. The molecule has 1 aromatic heterocycles. The largest absolute Gasteiger partial charge is 0.352 e. The Balaban J connectivity index is 1.29. The van der Waals surface area contributed by atoms with Crippen molar-refractivity contribution in [2.75, 3.05) is 19.6 Å². The van der Waals surface area contributed by atoms with E-state index in [9.17, 15) is 4.79 Å². The first-order chi connectivity index (χ1) is 13.7. The fraction of sp³-hybridized carbons (Fsp3) is 0.435. The molecule has 2 aromatic rings. The van der Waals surface area contributed by atoms with Crippen LogP contribution >= 0.6 is 0 Å². The van der Waals surface area contributed by atoms with Crippen molar-refractivity contribution in [1.29, 1.82) is 5.26 Å². The SMILES string of the molecule is N#Cc1ccc(-c2ccc(C(=O)NC[C@@H]3CCN(C4CCCC4)C3)cc2)cn1. The number of nitrogens with one attached hydrogen (secondary N) is 1. The lowest BCUT2D eigenvalue weighted by Gasteiger charge is -2.23. The Kier molecular flexibility index (Phi) is 5.68. The second-order valence-electron chi connectivity index (χ2n) is 7.92. The number of rotatable bonds is 5. The van der Waals surface area contributed by atoms with Crippen LogP contribution in [0.4, 0.5) is 0 Å². The van der Waals surface area contributed by atoms with Crippen molar-refractivity contribution in [1.82, 2.24) is 15.2 Å². The molecule has 1 aromatic carbocycles. The molecule has 1 N–H and O–H groups in total. The first kappa shape index (κ1) is 18.6. The predicted molar refractivity (Wildman–Crippen MR) is 109 cm³/mol. The molecule has 5 heteroatoms. The minimum atomic E-state index is -0.0104. The quantitative estimate of drug-likeness (QED) is 0.868. The average Bonchev–Trinajstić information content (AvgIpc) is 3.44. The van der Waals surface area contributed by atoms with E-state index in [4.69, 9.17) is 5.26 Å². The zero-order chi connectivity index (χ0) is 19.3. The molecule has 0 bridgehead atoms. The number of carbonyl (C=O) groups is 1. The number of pyridine rings is 1. The highest BCUT2D eigenvalue weighted by Crippen LogP contribution is 2.28. The molecule has 1 saturated heterocycles. The molecule has 4 rings (SSSR count). The van der Waals surface area contributed by atoms with E-state index >= 15 is 0 Å². The van der Waals surface area contributed by atoms with Gasteiger partial charge in [-0.05, 0) is 61.6 Å². The number of likely N-dealkylation sites (tertiary alicyclic amines) is 1. The molecule has 144 valence electrons. The van der Waals surface area contributed by atoms with Gasteiger partial charge in [0.05, 0.1) is 0 Å². The summed E-state index contributed by atoms with van der Waals surface area (Å²) in [5.41, 5.74) is 3.00. The normalized spacial score (nSPS) is 20.2. The molecule has 0 radical (unpaired) electrons. The van der Waals surface area contributed by atoms with Gasteiger partial charge < -0.3 is 10.2 Å². The van der Waals surface area contributed by atoms with E-state index in [-0.39, 0.29) is 5.91 Å². The molecule has 2 heterocycles. The van der Waals surface area contributed by atoms with Crippen LogP contribution in [0.2, 0.25) is 0 Å². The smallest absolute Gasteiger partial charge is 0.251 e. The van der Waals surface area contributed by atoms with Crippen LogP contribution in [0, 0.1) is 17.2 Å². The highest BCUT2D eigenvalue weighted by atomic mass is 16.1. The average molecular weight is 374 g/mol. The molecule has 1 aliphatic heterocycles. The first-order valence-electron chi connectivity index (χ1n) is 10.2. The van der Waals surface area contributed by atoms with Crippen molar-refractivity contribution in [3.8, 4) is 17.2 Å². The maximum Gasteiger partial charge on any atom is 0.251 e. The number of amides is 1. The second-order valence-corrected chi connectivity index (χ2v) is 7.92. The van der Waals surface area contributed by atoms with Gasteiger partial charge in [-0.3, -0.25) is 4.79 Å². The van der Waals surface area contributed by atoms with E-state index in [2.05, 4.69) is 15.2 Å². The van der Waals surface area contributed by atoms with Gasteiger partial charge in [0.1, 0.15) is 11.8 Å². The highest BCUT2D eigenvalue weighted by Gasteiger charge is 2.29. The maximum absolute atomic E-state index is 12.5. The Hall–Kier alpha value is -2.71. The van der Waals surface area contributed by atoms with Crippen molar-refractivity contribution in [3.05, 3.63) is 53.9 Å². The standard InChI is InChI=1S/C23H26N4O/c24-13-21-10-9-20(15-25-21)18-5-7-19(8-6-18)23(28)26-14-17-11-12-27(16-17)22-3-1-2-4-22/h5-10,15,17,22H,1-4,11-12,14,16H2,(H,26,28)/t17-/m0/s1. The zero-order valence-corrected chi connectivity index (χ0v) is 16.1. The Bertz CT molecular complexity index is 848. The van der Waals surface area contributed by atoms with Gasteiger partial charge in [0, 0.05) is 36.5 Å². The number of carbonyl (C=O) groups excluding carboxylic acids is 1. The van der Waals surface area contributed by atoms with Crippen molar-refractivity contribution in [2.24, 2.45) is 5.92 Å². The van der Waals surface area contributed by atoms with Gasteiger partial charge >= 0.3 is 0 Å². The monoisotopic (exact) mass is 374 g/mol. The second kappa shape index (κ2) is 8.53. The minimum absolute atomic E-state index is 0.0104. The minimum Gasteiger partial charge on any atom is -0.352 e. The molecule has 0 spiro atoms. The van der Waals surface area contributed by atoms with Gasteiger partial charge in [0.2, 0.25) is 0 Å². The number of hydrogen-bond acceptors (Lipinski definition) is 4. The van der Waals surface area contributed by atoms with Crippen LogP contribution in [0.15, 0.2) is 42.6 Å². The lowest BCUT2D eigenvalue weighted by molar-refractivity contribution is 0.0947.